The van der Waals surface area contributed by atoms with Gasteiger partial charge in [-0.15, -0.1) is 0 Å². The SMILES string of the molecule is Cc1cc(C#N)ccc1-n1cc(-c2ccc(N3CCS(=O)CC3)cc2)cn1. The maximum Gasteiger partial charge on any atom is 0.0991 e. The topological polar surface area (TPSA) is 61.9 Å². The molecule has 1 aliphatic heterocycles. The third kappa shape index (κ3) is 3.64. The molecule has 1 aliphatic rings. The second-order valence-corrected chi connectivity index (χ2v) is 8.36. The molecule has 0 saturated carbocycles. The van der Waals surface area contributed by atoms with Crippen LogP contribution in [0.3, 0.4) is 0 Å². The first kappa shape index (κ1) is 17.5. The third-order valence-electron chi connectivity index (χ3n) is 4.90. The van der Waals surface area contributed by atoms with Crippen LogP contribution in [0.25, 0.3) is 16.8 Å². The molecule has 1 aromatic heterocycles. The quantitative estimate of drug-likeness (QED) is 0.704. The zero-order chi connectivity index (χ0) is 18.8. The summed E-state index contributed by atoms with van der Waals surface area (Å²) >= 11 is 0. The highest BCUT2D eigenvalue weighted by molar-refractivity contribution is 7.85. The highest BCUT2D eigenvalue weighted by Gasteiger charge is 2.15. The molecule has 0 aliphatic carbocycles. The summed E-state index contributed by atoms with van der Waals surface area (Å²) in [6.07, 6.45) is 3.87. The minimum Gasteiger partial charge on any atom is -0.370 e. The summed E-state index contributed by atoms with van der Waals surface area (Å²) in [5.74, 6) is 1.50. The van der Waals surface area contributed by atoms with E-state index < -0.39 is 10.8 Å². The van der Waals surface area contributed by atoms with Gasteiger partial charge in [0.25, 0.3) is 0 Å². The van der Waals surface area contributed by atoms with Crippen LogP contribution in [0.5, 0.6) is 0 Å². The molecule has 2 aromatic carbocycles. The maximum atomic E-state index is 11.5. The second-order valence-electron chi connectivity index (χ2n) is 6.67. The van der Waals surface area contributed by atoms with Crippen LogP contribution in [0.4, 0.5) is 5.69 Å². The van der Waals surface area contributed by atoms with Crippen molar-refractivity contribution < 1.29 is 4.21 Å². The van der Waals surface area contributed by atoms with Crippen molar-refractivity contribution in [3.8, 4) is 22.9 Å². The first-order chi connectivity index (χ1) is 13.1. The van der Waals surface area contributed by atoms with E-state index in [0.717, 1.165) is 47.0 Å². The fraction of sp³-hybridized carbons (Fsp3) is 0.238. The summed E-state index contributed by atoms with van der Waals surface area (Å²) in [7, 11) is -0.659. The molecule has 1 saturated heterocycles. The smallest absolute Gasteiger partial charge is 0.0991 e. The van der Waals surface area contributed by atoms with Crippen molar-refractivity contribution in [3.05, 3.63) is 66.0 Å². The van der Waals surface area contributed by atoms with Gasteiger partial charge in [-0.3, -0.25) is 4.21 Å². The lowest BCUT2D eigenvalue weighted by Gasteiger charge is -2.28. The van der Waals surface area contributed by atoms with E-state index in [0.29, 0.717) is 5.56 Å². The summed E-state index contributed by atoms with van der Waals surface area (Å²) < 4.78 is 13.4. The number of nitrogens with zero attached hydrogens (tertiary/aromatic N) is 4. The number of rotatable bonds is 3. The third-order valence-corrected chi connectivity index (χ3v) is 6.17. The monoisotopic (exact) mass is 376 g/mol. The van der Waals surface area contributed by atoms with E-state index in [9.17, 15) is 4.21 Å². The molecule has 3 aromatic rings. The van der Waals surface area contributed by atoms with Gasteiger partial charge in [0.05, 0.1) is 23.5 Å². The normalized spacial score (nSPS) is 14.9. The molecule has 0 spiro atoms. The van der Waals surface area contributed by atoms with Crippen molar-refractivity contribution in [2.45, 2.75) is 6.92 Å². The molecule has 1 fully saturated rings. The van der Waals surface area contributed by atoms with Gasteiger partial charge in [0, 0.05) is 52.8 Å². The molecule has 5 nitrogen and oxygen atoms in total. The molecule has 136 valence electrons. The average molecular weight is 376 g/mol. The van der Waals surface area contributed by atoms with E-state index in [4.69, 9.17) is 5.26 Å². The Kier molecular flexibility index (Phi) is 4.78. The van der Waals surface area contributed by atoms with Gasteiger partial charge in [-0.05, 0) is 48.4 Å². The molecular formula is C21H20N4OS. The standard InChI is InChI=1S/C21H20N4OS/c1-16-12-17(13-22)2-7-21(16)25-15-19(14-23-25)18-3-5-20(6-4-18)24-8-10-27(26)11-9-24/h2-7,12,14-15H,8-11H2,1H3. The molecule has 0 N–H and O–H groups in total. The van der Waals surface area contributed by atoms with Crippen LogP contribution >= 0.6 is 0 Å². The summed E-state index contributed by atoms with van der Waals surface area (Å²) in [4.78, 5) is 2.29. The number of anilines is 1. The van der Waals surface area contributed by atoms with Gasteiger partial charge in [0.1, 0.15) is 0 Å². The van der Waals surface area contributed by atoms with Gasteiger partial charge in [0.15, 0.2) is 0 Å². The van der Waals surface area contributed by atoms with Crippen molar-refractivity contribution >= 4 is 16.5 Å². The predicted molar refractivity (Wildman–Crippen MR) is 109 cm³/mol. The predicted octanol–water partition coefficient (Wildman–Crippen LogP) is 3.29. The average Bonchev–Trinajstić information content (AvgIpc) is 3.18. The molecule has 27 heavy (non-hydrogen) atoms. The summed E-state index contributed by atoms with van der Waals surface area (Å²) in [6.45, 7) is 3.68. The Bertz CT molecular complexity index is 1020. The van der Waals surface area contributed by atoms with E-state index in [-0.39, 0.29) is 0 Å². The van der Waals surface area contributed by atoms with Gasteiger partial charge in [-0.1, -0.05) is 12.1 Å². The Morgan fingerprint density at radius 1 is 1.07 bits per heavy atom. The Morgan fingerprint density at radius 2 is 1.81 bits per heavy atom. The zero-order valence-corrected chi connectivity index (χ0v) is 15.9. The van der Waals surface area contributed by atoms with Gasteiger partial charge in [-0.25, -0.2) is 4.68 Å². The maximum absolute atomic E-state index is 11.5. The van der Waals surface area contributed by atoms with E-state index in [1.54, 1.807) is 0 Å². The number of benzene rings is 2. The van der Waals surface area contributed by atoms with Gasteiger partial charge in [0.2, 0.25) is 0 Å². The molecule has 0 atom stereocenters. The lowest BCUT2D eigenvalue weighted by molar-refractivity contribution is 0.673. The summed E-state index contributed by atoms with van der Waals surface area (Å²) in [5.41, 5.74) is 5.97. The van der Waals surface area contributed by atoms with Crippen molar-refractivity contribution in [1.29, 1.82) is 5.26 Å². The van der Waals surface area contributed by atoms with Crippen LogP contribution in [-0.4, -0.2) is 38.6 Å². The van der Waals surface area contributed by atoms with Crippen LogP contribution in [0.2, 0.25) is 0 Å². The van der Waals surface area contributed by atoms with E-state index in [1.807, 2.05) is 42.2 Å². The van der Waals surface area contributed by atoms with Crippen LogP contribution in [0.15, 0.2) is 54.9 Å². The number of hydrogen-bond acceptors (Lipinski definition) is 4. The first-order valence-corrected chi connectivity index (χ1v) is 10.4. The zero-order valence-electron chi connectivity index (χ0n) is 15.1. The lowest BCUT2D eigenvalue weighted by atomic mass is 10.1. The second kappa shape index (κ2) is 7.37. The molecule has 0 unspecified atom stereocenters. The van der Waals surface area contributed by atoms with E-state index in [1.165, 1.54) is 5.69 Å². The molecule has 2 heterocycles. The molecule has 4 rings (SSSR count). The Morgan fingerprint density at radius 3 is 2.48 bits per heavy atom. The van der Waals surface area contributed by atoms with E-state index in [2.05, 4.69) is 40.3 Å². The van der Waals surface area contributed by atoms with Crippen LogP contribution in [-0.2, 0) is 10.8 Å². The Balaban J connectivity index is 1.55. The summed E-state index contributed by atoms with van der Waals surface area (Å²) in [5, 5.41) is 13.5. The van der Waals surface area contributed by atoms with Crippen LogP contribution in [0.1, 0.15) is 11.1 Å². The van der Waals surface area contributed by atoms with Crippen LogP contribution < -0.4 is 4.90 Å². The minimum atomic E-state index is -0.659. The number of nitriles is 1. The van der Waals surface area contributed by atoms with Crippen molar-refractivity contribution in [2.24, 2.45) is 0 Å². The molecule has 0 bridgehead atoms. The molecule has 0 radical (unpaired) electrons. The molecular weight excluding hydrogens is 356 g/mol. The highest BCUT2D eigenvalue weighted by Crippen LogP contribution is 2.25. The highest BCUT2D eigenvalue weighted by atomic mass is 32.2. The number of aromatic nitrogens is 2. The first-order valence-electron chi connectivity index (χ1n) is 8.90. The lowest BCUT2D eigenvalue weighted by Crippen LogP contribution is -2.37. The number of hydrogen-bond donors (Lipinski definition) is 0. The van der Waals surface area contributed by atoms with Crippen LogP contribution in [0, 0.1) is 18.3 Å². The van der Waals surface area contributed by atoms with Crippen molar-refractivity contribution in [3.63, 3.8) is 0 Å². The number of aryl methyl sites for hydroxylation is 1. The Labute approximate surface area is 161 Å². The summed E-state index contributed by atoms with van der Waals surface area (Å²) in [6, 6.07) is 16.2. The Hall–Kier alpha value is -2.91. The largest absolute Gasteiger partial charge is 0.370 e. The van der Waals surface area contributed by atoms with E-state index >= 15 is 0 Å². The van der Waals surface area contributed by atoms with Gasteiger partial charge >= 0.3 is 0 Å². The molecule has 0 amide bonds. The fourth-order valence-electron chi connectivity index (χ4n) is 3.35. The molecule has 6 heteroatoms. The van der Waals surface area contributed by atoms with Crippen molar-refractivity contribution in [1.82, 2.24) is 9.78 Å². The van der Waals surface area contributed by atoms with Crippen molar-refractivity contribution in [2.75, 3.05) is 29.5 Å². The van der Waals surface area contributed by atoms with Gasteiger partial charge in [-0.2, -0.15) is 10.4 Å². The minimum absolute atomic E-state index is 0.653. The van der Waals surface area contributed by atoms with Gasteiger partial charge < -0.3 is 4.90 Å². The fourth-order valence-corrected chi connectivity index (χ4v) is 4.40.